The monoisotopic (exact) mass is 294 g/mol. The van der Waals surface area contributed by atoms with Gasteiger partial charge in [-0.25, -0.2) is 0 Å². The fourth-order valence-electron chi connectivity index (χ4n) is 4.61. The van der Waals surface area contributed by atoms with Crippen molar-refractivity contribution >= 4 is 0 Å². The first-order valence-electron chi connectivity index (χ1n) is 9.66. The Labute approximate surface area is 133 Å². The van der Waals surface area contributed by atoms with Crippen LogP contribution >= 0.6 is 0 Å². The molecule has 21 heavy (non-hydrogen) atoms. The maximum absolute atomic E-state index is 6.04. The molecule has 0 aromatic heterocycles. The van der Waals surface area contributed by atoms with Crippen molar-refractivity contribution in [1.82, 2.24) is 0 Å². The summed E-state index contributed by atoms with van der Waals surface area (Å²) in [5, 5.41) is 0. The molecule has 0 radical (unpaired) electrons. The van der Waals surface area contributed by atoms with Crippen molar-refractivity contribution in [3.8, 4) is 0 Å². The van der Waals surface area contributed by atoms with Crippen molar-refractivity contribution in [3.05, 3.63) is 0 Å². The molecule has 0 amide bonds. The molecule has 0 aromatic carbocycles. The molecule has 1 saturated carbocycles. The predicted octanol–water partition coefficient (Wildman–Crippen LogP) is 6.07. The van der Waals surface area contributed by atoms with Gasteiger partial charge in [-0.3, -0.25) is 0 Å². The van der Waals surface area contributed by atoms with Crippen LogP contribution in [0.1, 0.15) is 85.5 Å². The first kappa shape index (κ1) is 17.3. The van der Waals surface area contributed by atoms with Crippen LogP contribution in [0.4, 0.5) is 0 Å². The van der Waals surface area contributed by atoms with E-state index in [0.29, 0.717) is 6.10 Å². The minimum absolute atomic E-state index is 0.574. The summed E-state index contributed by atoms with van der Waals surface area (Å²) in [6.45, 7) is 10.5. The SMILES string of the molecule is CC(C)CC1CCOC(CCC2CCC(C(C)C)CC2)C1. The van der Waals surface area contributed by atoms with Crippen LogP contribution in [0.5, 0.6) is 0 Å². The Kier molecular flexibility index (Phi) is 7.05. The normalized spacial score (nSPS) is 34.6. The highest BCUT2D eigenvalue weighted by Gasteiger charge is 2.26. The standard InChI is InChI=1S/C20H38O/c1-15(2)13-18-11-12-21-20(14-18)10-7-17-5-8-19(9-6-17)16(3)4/h15-20H,5-14H2,1-4H3. The zero-order chi connectivity index (χ0) is 15.2. The zero-order valence-electron chi connectivity index (χ0n) is 14.9. The van der Waals surface area contributed by atoms with Gasteiger partial charge in [-0.1, -0.05) is 40.5 Å². The second-order valence-electron chi connectivity index (χ2n) is 8.61. The number of hydrogen-bond donors (Lipinski definition) is 0. The summed E-state index contributed by atoms with van der Waals surface area (Å²) in [7, 11) is 0. The molecular formula is C20H38O. The fraction of sp³-hybridized carbons (Fsp3) is 1.00. The summed E-state index contributed by atoms with van der Waals surface area (Å²) in [5.74, 6) is 4.67. The molecule has 0 aromatic rings. The zero-order valence-corrected chi connectivity index (χ0v) is 14.9. The van der Waals surface area contributed by atoms with E-state index in [-0.39, 0.29) is 0 Å². The second kappa shape index (κ2) is 8.56. The molecule has 2 atom stereocenters. The van der Waals surface area contributed by atoms with E-state index in [2.05, 4.69) is 27.7 Å². The van der Waals surface area contributed by atoms with E-state index in [1.165, 1.54) is 57.8 Å². The molecule has 1 aliphatic heterocycles. The van der Waals surface area contributed by atoms with Crippen LogP contribution < -0.4 is 0 Å². The highest BCUT2D eigenvalue weighted by Crippen LogP contribution is 2.36. The molecule has 124 valence electrons. The van der Waals surface area contributed by atoms with Gasteiger partial charge in [0.1, 0.15) is 0 Å². The van der Waals surface area contributed by atoms with Crippen LogP contribution in [-0.4, -0.2) is 12.7 Å². The molecule has 2 aliphatic rings. The van der Waals surface area contributed by atoms with Crippen molar-refractivity contribution in [3.63, 3.8) is 0 Å². The van der Waals surface area contributed by atoms with Crippen molar-refractivity contribution < 1.29 is 4.74 Å². The smallest absolute Gasteiger partial charge is 0.0577 e. The maximum atomic E-state index is 6.04. The summed E-state index contributed by atoms with van der Waals surface area (Å²) >= 11 is 0. The number of hydrogen-bond acceptors (Lipinski definition) is 1. The first-order chi connectivity index (χ1) is 10.0. The van der Waals surface area contributed by atoms with Crippen molar-refractivity contribution in [2.45, 2.75) is 91.6 Å². The predicted molar refractivity (Wildman–Crippen MR) is 91.4 cm³/mol. The summed E-state index contributed by atoms with van der Waals surface area (Å²) in [4.78, 5) is 0. The summed E-state index contributed by atoms with van der Waals surface area (Å²) in [5.41, 5.74) is 0. The molecule has 0 N–H and O–H groups in total. The molecule has 1 nitrogen and oxygen atoms in total. The Balaban J connectivity index is 1.64. The van der Waals surface area contributed by atoms with Crippen LogP contribution in [0.3, 0.4) is 0 Å². The van der Waals surface area contributed by atoms with Gasteiger partial charge in [0.25, 0.3) is 0 Å². The Morgan fingerprint density at radius 1 is 0.857 bits per heavy atom. The molecule has 2 unspecified atom stereocenters. The molecule has 1 heteroatoms. The number of ether oxygens (including phenoxy) is 1. The van der Waals surface area contributed by atoms with Gasteiger partial charge in [-0.2, -0.15) is 0 Å². The Hall–Kier alpha value is -0.0400. The Morgan fingerprint density at radius 3 is 2.19 bits per heavy atom. The largest absolute Gasteiger partial charge is 0.378 e. The van der Waals surface area contributed by atoms with Gasteiger partial charge in [0.15, 0.2) is 0 Å². The highest BCUT2D eigenvalue weighted by molar-refractivity contribution is 4.78. The lowest BCUT2D eigenvalue weighted by molar-refractivity contribution is -0.0210. The van der Waals surface area contributed by atoms with Crippen molar-refractivity contribution in [1.29, 1.82) is 0 Å². The molecule has 0 bridgehead atoms. The van der Waals surface area contributed by atoms with Gasteiger partial charge in [0, 0.05) is 6.61 Å². The molecule has 0 spiro atoms. The summed E-state index contributed by atoms with van der Waals surface area (Å²) in [6.07, 6.45) is 13.3. The van der Waals surface area contributed by atoms with Crippen molar-refractivity contribution in [2.75, 3.05) is 6.61 Å². The second-order valence-corrected chi connectivity index (χ2v) is 8.61. The van der Waals surface area contributed by atoms with Gasteiger partial charge in [-0.05, 0) is 74.5 Å². The van der Waals surface area contributed by atoms with Crippen molar-refractivity contribution in [2.24, 2.45) is 29.6 Å². The van der Waals surface area contributed by atoms with E-state index in [0.717, 1.165) is 36.2 Å². The quantitative estimate of drug-likeness (QED) is 0.577. The lowest BCUT2D eigenvalue weighted by Crippen LogP contribution is -2.27. The Bertz CT molecular complexity index is 276. The van der Waals surface area contributed by atoms with Crippen LogP contribution in [0.2, 0.25) is 0 Å². The van der Waals surface area contributed by atoms with Crippen LogP contribution in [0.25, 0.3) is 0 Å². The van der Waals surface area contributed by atoms with Gasteiger partial charge >= 0.3 is 0 Å². The van der Waals surface area contributed by atoms with Gasteiger partial charge in [0.05, 0.1) is 6.10 Å². The lowest BCUT2D eigenvalue weighted by Gasteiger charge is -2.34. The maximum Gasteiger partial charge on any atom is 0.0577 e. The molecular weight excluding hydrogens is 256 g/mol. The Morgan fingerprint density at radius 2 is 1.57 bits per heavy atom. The summed E-state index contributed by atoms with van der Waals surface area (Å²) in [6, 6.07) is 0. The average Bonchev–Trinajstić information content (AvgIpc) is 2.45. The minimum Gasteiger partial charge on any atom is -0.378 e. The summed E-state index contributed by atoms with van der Waals surface area (Å²) < 4.78 is 6.04. The highest BCUT2D eigenvalue weighted by atomic mass is 16.5. The molecule has 1 aliphatic carbocycles. The van der Waals surface area contributed by atoms with Crippen LogP contribution in [0.15, 0.2) is 0 Å². The van der Waals surface area contributed by atoms with E-state index in [4.69, 9.17) is 4.74 Å². The van der Waals surface area contributed by atoms with E-state index in [1.54, 1.807) is 0 Å². The third-order valence-corrected chi connectivity index (χ3v) is 6.01. The minimum atomic E-state index is 0.574. The third-order valence-electron chi connectivity index (χ3n) is 6.01. The third kappa shape index (κ3) is 5.93. The number of rotatable bonds is 6. The molecule has 1 saturated heterocycles. The van der Waals surface area contributed by atoms with Crippen LogP contribution in [-0.2, 0) is 4.74 Å². The lowest BCUT2D eigenvalue weighted by atomic mass is 9.75. The van der Waals surface area contributed by atoms with E-state index >= 15 is 0 Å². The van der Waals surface area contributed by atoms with Gasteiger partial charge < -0.3 is 4.74 Å². The van der Waals surface area contributed by atoms with E-state index in [1.807, 2.05) is 0 Å². The van der Waals surface area contributed by atoms with Gasteiger partial charge in [-0.15, -0.1) is 0 Å². The topological polar surface area (TPSA) is 9.23 Å². The van der Waals surface area contributed by atoms with Crippen LogP contribution in [0, 0.1) is 29.6 Å². The van der Waals surface area contributed by atoms with E-state index in [9.17, 15) is 0 Å². The average molecular weight is 295 g/mol. The first-order valence-corrected chi connectivity index (χ1v) is 9.66. The van der Waals surface area contributed by atoms with Gasteiger partial charge in [0.2, 0.25) is 0 Å². The van der Waals surface area contributed by atoms with E-state index < -0.39 is 0 Å². The fourth-order valence-corrected chi connectivity index (χ4v) is 4.61. The molecule has 2 fully saturated rings. The molecule has 2 rings (SSSR count). The molecule has 1 heterocycles.